The number of amides is 1. The summed E-state index contributed by atoms with van der Waals surface area (Å²) in [7, 11) is 0. The van der Waals surface area contributed by atoms with Crippen molar-refractivity contribution >= 4 is 5.91 Å². The minimum absolute atomic E-state index is 0.246. The Bertz CT molecular complexity index is 326. The average Bonchev–Trinajstić information content (AvgIpc) is 3.06. The Morgan fingerprint density at radius 1 is 1.28 bits per heavy atom. The molecule has 18 heavy (non-hydrogen) atoms. The number of nitrogens with two attached hydrogens (primary N) is 1. The Morgan fingerprint density at radius 3 is 2.78 bits per heavy atom. The molecule has 2 aliphatic carbocycles. The molecule has 2 atom stereocenters. The van der Waals surface area contributed by atoms with Crippen LogP contribution in [0.1, 0.15) is 44.9 Å². The number of hydrogen-bond donors (Lipinski definition) is 1. The first-order valence-corrected chi connectivity index (χ1v) is 7.40. The summed E-state index contributed by atoms with van der Waals surface area (Å²) < 4.78 is 5.79. The molecule has 102 valence electrons. The highest BCUT2D eigenvalue weighted by molar-refractivity contribution is 5.83. The molecule has 0 aromatic carbocycles. The van der Waals surface area contributed by atoms with Gasteiger partial charge in [0.2, 0.25) is 5.91 Å². The summed E-state index contributed by atoms with van der Waals surface area (Å²) in [5, 5.41) is 0. The van der Waals surface area contributed by atoms with Crippen LogP contribution in [0.15, 0.2) is 0 Å². The fourth-order valence-corrected chi connectivity index (χ4v) is 4.04. The summed E-state index contributed by atoms with van der Waals surface area (Å²) in [6.45, 7) is 1.98. The van der Waals surface area contributed by atoms with E-state index in [1.807, 2.05) is 0 Å². The lowest BCUT2D eigenvalue weighted by atomic mass is 9.84. The van der Waals surface area contributed by atoms with Crippen LogP contribution in [-0.2, 0) is 9.53 Å². The number of ether oxygens (including phenoxy) is 1. The highest BCUT2D eigenvalue weighted by atomic mass is 16.5. The molecule has 0 bridgehead atoms. The average molecular weight is 252 g/mol. The van der Waals surface area contributed by atoms with E-state index < -0.39 is 0 Å². The maximum Gasteiger partial charge on any atom is 0.230 e. The van der Waals surface area contributed by atoms with Crippen LogP contribution in [0.4, 0.5) is 0 Å². The van der Waals surface area contributed by atoms with E-state index in [2.05, 4.69) is 4.90 Å². The lowest BCUT2D eigenvalue weighted by Gasteiger charge is -2.42. The molecule has 1 heterocycles. The molecular weight excluding hydrogens is 228 g/mol. The summed E-state index contributed by atoms with van der Waals surface area (Å²) in [5.74, 6) is 0.322. The van der Waals surface area contributed by atoms with Gasteiger partial charge in [-0.2, -0.15) is 0 Å². The maximum absolute atomic E-state index is 12.9. The molecule has 0 radical (unpaired) electrons. The lowest BCUT2D eigenvalue weighted by molar-refractivity contribution is -0.154. The number of fused-ring (bicyclic) bond motifs is 1. The number of rotatable bonds is 2. The van der Waals surface area contributed by atoms with Crippen LogP contribution >= 0.6 is 0 Å². The summed E-state index contributed by atoms with van der Waals surface area (Å²) in [6, 6.07) is 0.329. The van der Waals surface area contributed by atoms with Crippen LogP contribution in [0.5, 0.6) is 0 Å². The van der Waals surface area contributed by atoms with Gasteiger partial charge in [-0.25, -0.2) is 0 Å². The molecule has 2 unspecified atom stereocenters. The Kier molecular flexibility index (Phi) is 3.32. The Labute approximate surface area is 109 Å². The van der Waals surface area contributed by atoms with Crippen LogP contribution in [0.2, 0.25) is 0 Å². The number of morpholine rings is 1. The van der Waals surface area contributed by atoms with E-state index in [-0.39, 0.29) is 5.41 Å². The van der Waals surface area contributed by atoms with Gasteiger partial charge in [-0.15, -0.1) is 0 Å². The van der Waals surface area contributed by atoms with Crippen LogP contribution in [-0.4, -0.2) is 42.6 Å². The molecule has 2 saturated carbocycles. The normalized spacial score (nSPS) is 34.6. The molecule has 0 spiro atoms. The van der Waals surface area contributed by atoms with E-state index in [0.717, 1.165) is 45.1 Å². The van der Waals surface area contributed by atoms with Gasteiger partial charge in [0.1, 0.15) is 0 Å². The maximum atomic E-state index is 12.9. The first-order valence-electron chi connectivity index (χ1n) is 7.40. The summed E-state index contributed by atoms with van der Waals surface area (Å²) >= 11 is 0. The third kappa shape index (κ3) is 1.86. The second kappa shape index (κ2) is 4.82. The minimum Gasteiger partial charge on any atom is -0.374 e. The molecule has 3 aliphatic rings. The van der Waals surface area contributed by atoms with Crippen molar-refractivity contribution in [2.45, 2.75) is 57.1 Å². The smallest absolute Gasteiger partial charge is 0.230 e. The highest BCUT2D eigenvalue weighted by Crippen LogP contribution is 2.41. The summed E-state index contributed by atoms with van der Waals surface area (Å²) in [5.41, 5.74) is 5.69. The quantitative estimate of drug-likeness (QED) is 0.805. The fourth-order valence-electron chi connectivity index (χ4n) is 4.04. The van der Waals surface area contributed by atoms with E-state index >= 15 is 0 Å². The number of nitrogens with zero attached hydrogens (tertiary/aromatic N) is 1. The zero-order chi connectivity index (χ0) is 12.6. The van der Waals surface area contributed by atoms with Gasteiger partial charge in [-0.3, -0.25) is 4.79 Å². The summed E-state index contributed by atoms with van der Waals surface area (Å²) in [6.07, 6.45) is 7.98. The van der Waals surface area contributed by atoms with Crippen molar-refractivity contribution in [3.63, 3.8) is 0 Å². The minimum atomic E-state index is -0.246. The zero-order valence-corrected chi connectivity index (χ0v) is 11.1. The van der Waals surface area contributed by atoms with Crippen LogP contribution in [0.25, 0.3) is 0 Å². The lowest BCUT2D eigenvalue weighted by Crippen LogP contribution is -2.56. The highest BCUT2D eigenvalue weighted by Gasteiger charge is 2.47. The monoisotopic (exact) mass is 252 g/mol. The predicted molar refractivity (Wildman–Crippen MR) is 69.0 cm³/mol. The molecule has 1 aliphatic heterocycles. The number of carbonyl (C=O) groups excluding carboxylic acids is 1. The van der Waals surface area contributed by atoms with Crippen molar-refractivity contribution in [1.29, 1.82) is 0 Å². The Hall–Kier alpha value is -0.610. The third-order valence-corrected chi connectivity index (χ3v) is 5.15. The van der Waals surface area contributed by atoms with Crippen molar-refractivity contribution in [3.8, 4) is 0 Å². The second-order valence-corrected chi connectivity index (χ2v) is 6.10. The number of carbonyl (C=O) groups is 1. The van der Waals surface area contributed by atoms with E-state index in [1.54, 1.807) is 0 Å². The Morgan fingerprint density at radius 2 is 2.06 bits per heavy atom. The molecule has 0 aromatic heterocycles. The van der Waals surface area contributed by atoms with Gasteiger partial charge in [-0.1, -0.05) is 12.8 Å². The van der Waals surface area contributed by atoms with Gasteiger partial charge in [-0.05, 0) is 32.1 Å². The molecule has 4 heteroatoms. The first-order chi connectivity index (χ1) is 8.77. The van der Waals surface area contributed by atoms with Crippen LogP contribution in [0.3, 0.4) is 0 Å². The van der Waals surface area contributed by atoms with E-state index in [0.29, 0.717) is 31.2 Å². The SMILES string of the molecule is NCC1(C(=O)N2CCOC3CCCC32)CCCC1. The van der Waals surface area contributed by atoms with Gasteiger partial charge in [0, 0.05) is 13.1 Å². The van der Waals surface area contributed by atoms with Gasteiger partial charge in [0.15, 0.2) is 0 Å². The fraction of sp³-hybridized carbons (Fsp3) is 0.929. The number of hydrogen-bond acceptors (Lipinski definition) is 3. The van der Waals surface area contributed by atoms with Gasteiger partial charge in [0.25, 0.3) is 0 Å². The molecule has 1 amide bonds. The topological polar surface area (TPSA) is 55.6 Å². The van der Waals surface area contributed by atoms with Gasteiger partial charge in [0.05, 0.1) is 24.2 Å². The summed E-state index contributed by atoms with van der Waals surface area (Å²) in [4.78, 5) is 15.0. The third-order valence-electron chi connectivity index (χ3n) is 5.15. The predicted octanol–water partition coefficient (Wildman–Crippen LogP) is 1.29. The van der Waals surface area contributed by atoms with E-state index in [4.69, 9.17) is 10.5 Å². The van der Waals surface area contributed by atoms with E-state index in [9.17, 15) is 4.79 Å². The molecule has 2 N–H and O–H groups in total. The Balaban J connectivity index is 1.78. The molecule has 4 nitrogen and oxygen atoms in total. The van der Waals surface area contributed by atoms with Gasteiger partial charge < -0.3 is 15.4 Å². The van der Waals surface area contributed by atoms with Crippen molar-refractivity contribution in [2.24, 2.45) is 11.1 Å². The van der Waals surface area contributed by atoms with Crippen molar-refractivity contribution < 1.29 is 9.53 Å². The second-order valence-electron chi connectivity index (χ2n) is 6.10. The zero-order valence-electron chi connectivity index (χ0n) is 11.1. The first kappa shape index (κ1) is 12.4. The van der Waals surface area contributed by atoms with Crippen LogP contribution in [0, 0.1) is 5.41 Å². The van der Waals surface area contributed by atoms with Crippen molar-refractivity contribution in [3.05, 3.63) is 0 Å². The van der Waals surface area contributed by atoms with Crippen molar-refractivity contribution in [1.82, 2.24) is 4.90 Å². The molecule has 3 rings (SSSR count). The van der Waals surface area contributed by atoms with Gasteiger partial charge >= 0.3 is 0 Å². The van der Waals surface area contributed by atoms with Crippen LogP contribution < -0.4 is 5.73 Å². The van der Waals surface area contributed by atoms with Crippen molar-refractivity contribution in [2.75, 3.05) is 19.7 Å². The molecule has 3 fully saturated rings. The molecule has 0 aromatic rings. The molecule has 1 saturated heterocycles. The van der Waals surface area contributed by atoms with E-state index in [1.165, 1.54) is 6.42 Å². The molecular formula is C14H24N2O2. The largest absolute Gasteiger partial charge is 0.374 e. The standard InChI is InChI=1S/C14H24N2O2/c15-10-14(6-1-2-7-14)13(17)16-8-9-18-12-5-3-4-11(12)16/h11-12H,1-10,15H2.